The van der Waals surface area contributed by atoms with Gasteiger partial charge in [0, 0.05) is 11.5 Å². The second kappa shape index (κ2) is 7.11. The van der Waals surface area contributed by atoms with Gasteiger partial charge in [-0.15, -0.1) is 0 Å². The van der Waals surface area contributed by atoms with Crippen LogP contribution in [0.1, 0.15) is 26.3 Å². The highest BCUT2D eigenvalue weighted by atomic mass is 32.2. The molecule has 0 N–H and O–H groups in total. The van der Waals surface area contributed by atoms with E-state index in [1.165, 1.54) is 0 Å². The molecule has 6 nitrogen and oxygen atoms in total. The Balaban J connectivity index is 1.98. The zero-order chi connectivity index (χ0) is 17.1. The van der Waals surface area contributed by atoms with Gasteiger partial charge in [-0.2, -0.15) is 24.5 Å². The normalized spacial score (nSPS) is 20.5. The maximum atomic E-state index is 12.2. The first kappa shape index (κ1) is 18.1. The summed E-state index contributed by atoms with van der Waals surface area (Å²) < 4.78 is 34.5. The molecule has 2 rings (SSSR count). The van der Waals surface area contributed by atoms with Gasteiger partial charge < -0.3 is 4.74 Å². The van der Waals surface area contributed by atoms with Crippen molar-refractivity contribution in [1.82, 2.24) is 4.31 Å². The first-order chi connectivity index (χ1) is 10.7. The number of nitrogens with zero attached hydrogens (tertiary/aromatic N) is 1. The molecule has 0 spiro atoms. The predicted octanol–water partition coefficient (Wildman–Crippen LogP) is 2.80. The molecule has 1 aromatic carbocycles. The Hall–Kier alpha value is -1.25. The molecule has 0 saturated carbocycles. The van der Waals surface area contributed by atoms with E-state index in [-0.39, 0.29) is 6.61 Å². The number of hydrogen-bond acceptors (Lipinski definition) is 6. The Bertz CT molecular complexity index is 640. The van der Waals surface area contributed by atoms with E-state index in [2.05, 4.69) is 0 Å². The third-order valence-corrected chi connectivity index (χ3v) is 5.50. The average molecular weight is 359 g/mol. The molecule has 23 heavy (non-hydrogen) atoms. The van der Waals surface area contributed by atoms with E-state index < -0.39 is 28.0 Å². The fourth-order valence-electron chi connectivity index (χ4n) is 2.02. The molecule has 1 aliphatic heterocycles. The molecule has 0 bridgehead atoms. The number of amides is 1. The maximum Gasteiger partial charge on any atom is 0.426 e. The second-order valence-electron chi connectivity index (χ2n) is 6.17. The van der Waals surface area contributed by atoms with Crippen molar-refractivity contribution in [2.45, 2.75) is 38.2 Å². The number of ether oxygens (including phenoxy) is 1. The van der Waals surface area contributed by atoms with E-state index in [4.69, 9.17) is 8.92 Å². The van der Waals surface area contributed by atoms with Crippen molar-refractivity contribution in [2.24, 2.45) is 0 Å². The lowest BCUT2D eigenvalue weighted by Crippen LogP contribution is -2.43. The van der Waals surface area contributed by atoms with Crippen LogP contribution in [0.3, 0.4) is 0 Å². The third-order valence-electron chi connectivity index (χ3n) is 2.98. The van der Waals surface area contributed by atoms with E-state index in [0.717, 1.165) is 15.6 Å². The van der Waals surface area contributed by atoms with Crippen molar-refractivity contribution in [1.29, 1.82) is 0 Å². The number of hydrogen-bond donors (Lipinski definition) is 0. The van der Waals surface area contributed by atoms with Crippen LogP contribution >= 0.6 is 11.8 Å². The molecule has 1 aliphatic rings. The van der Waals surface area contributed by atoms with Crippen LogP contribution in [0.25, 0.3) is 0 Å². The second-order valence-corrected chi connectivity index (χ2v) is 8.69. The molecule has 1 saturated heterocycles. The predicted molar refractivity (Wildman–Crippen MR) is 89.3 cm³/mol. The standard InChI is InChI=1S/C15H21NO5S2/c1-15(2,3)21-14(17)16-13(9-20-23(16,18)19)11-22-10-12-7-5-4-6-8-12/h4-8,13H,9-11H2,1-3H3. The van der Waals surface area contributed by atoms with Crippen molar-refractivity contribution in [3.8, 4) is 0 Å². The summed E-state index contributed by atoms with van der Waals surface area (Å²) in [6, 6.07) is 9.29. The Morgan fingerprint density at radius 2 is 2.00 bits per heavy atom. The molecular weight excluding hydrogens is 338 g/mol. The van der Waals surface area contributed by atoms with Gasteiger partial charge in [0.15, 0.2) is 0 Å². The van der Waals surface area contributed by atoms with Gasteiger partial charge in [0.25, 0.3) is 0 Å². The first-order valence-corrected chi connectivity index (χ1v) is 9.74. The molecule has 128 valence electrons. The molecule has 1 amide bonds. The molecule has 0 radical (unpaired) electrons. The van der Waals surface area contributed by atoms with Crippen molar-refractivity contribution >= 4 is 28.2 Å². The van der Waals surface area contributed by atoms with E-state index in [9.17, 15) is 13.2 Å². The summed E-state index contributed by atoms with van der Waals surface area (Å²) in [5.74, 6) is 1.19. The summed E-state index contributed by atoms with van der Waals surface area (Å²) in [5.41, 5.74) is 0.375. The van der Waals surface area contributed by atoms with Crippen LogP contribution in [-0.2, 0) is 25.0 Å². The van der Waals surface area contributed by atoms with Crippen LogP contribution in [0.4, 0.5) is 4.79 Å². The van der Waals surface area contributed by atoms with Crippen LogP contribution in [-0.4, -0.2) is 42.8 Å². The topological polar surface area (TPSA) is 72.9 Å². The summed E-state index contributed by atoms with van der Waals surface area (Å²) in [7, 11) is -4.06. The first-order valence-electron chi connectivity index (χ1n) is 7.22. The SMILES string of the molecule is CC(C)(C)OC(=O)N1C(CSCc2ccccc2)COS1(=O)=O. The third kappa shape index (κ3) is 5.12. The lowest BCUT2D eigenvalue weighted by molar-refractivity contribution is 0.0368. The van der Waals surface area contributed by atoms with Crippen LogP contribution in [0.5, 0.6) is 0 Å². The number of carbonyl (C=O) groups excluding carboxylic acids is 1. The van der Waals surface area contributed by atoms with Crippen molar-refractivity contribution in [2.75, 3.05) is 12.4 Å². The number of benzene rings is 1. The monoisotopic (exact) mass is 359 g/mol. The van der Waals surface area contributed by atoms with Crippen molar-refractivity contribution in [3.05, 3.63) is 35.9 Å². The minimum Gasteiger partial charge on any atom is -0.443 e. The molecule has 1 heterocycles. The molecule has 1 atom stereocenters. The van der Waals surface area contributed by atoms with Gasteiger partial charge in [0.05, 0.1) is 12.6 Å². The molecule has 0 aliphatic carbocycles. The number of thioether (sulfide) groups is 1. The Morgan fingerprint density at radius 3 is 2.61 bits per heavy atom. The summed E-state index contributed by atoms with van der Waals surface area (Å²) in [5, 5.41) is 0. The molecule has 1 fully saturated rings. The highest BCUT2D eigenvalue weighted by Crippen LogP contribution is 2.26. The zero-order valence-corrected chi connectivity index (χ0v) is 15.0. The molecule has 8 heteroatoms. The molecule has 0 aromatic heterocycles. The molecular formula is C15H21NO5S2. The van der Waals surface area contributed by atoms with Gasteiger partial charge in [-0.25, -0.2) is 4.79 Å². The smallest absolute Gasteiger partial charge is 0.426 e. The van der Waals surface area contributed by atoms with E-state index in [0.29, 0.717) is 5.75 Å². The van der Waals surface area contributed by atoms with Crippen LogP contribution in [0.2, 0.25) is 0 Å². The molecule has 1 aromatic rings. The van der Waals surface area contributed by atoms with Gasteiger partial charge in [-0.3, -0.25) is 4.18 Å². The lowest BCUT2D eigenvalue weighted by Gasteiger charge is -2.25. The average Bonchev–Trinajstić information content (AvgIpc) is 2.73. The van der Waals surface area contributed by atoms with Gasteiger partial charge in [0.2, 0.25) is 0 Å². The fraction of sp³-hybridized carbons (Fsp3) is 0.533. The summed E-state index contributed by atoms with van der Waals surface area (Å²) in [6.45, 7) is 5.03. The summed E-state index contributed by atoms with van der Waals surface area (Å²) in [6.07, 6.45) is -0.889. The van der Waals surface area contributed by atoms with Gasteiger partial charge in [-0.1, -0.05) is 30.3 Å². The number of carbonyl (C=O) groups is 1. The summed E-state index contributed by atoms with van der Waals surface area (Å²) in [4.78, 5) is 12.2. The highest BCUT2D eigenvalue weighted by Gasteiger charge is 2.44. The highest BCUT2D eigenvalue weighted by molar-refractivity contribution is 7.98. The minimum absolute atomic E-state index is 0.0383. The van der Waals surface area contributed by atoms with Crippen LogP contribution in [0.15, 0.2) is 30.3 Å². The van der Waals surface area contributed by atoms with Crippen molar-refractivity contribution < 1.29 is 22.1 Å². The Morgan fingerprint density at radius 1 is 1.35 bits per heavy atom. The van der Waals surface area contributed by atoms with Gasteiger partial charge >= 0.3 is 16.4 Å². The number of rotatable bonds is 4. The Kier molecular flexibility index (Phi) is 5.59. The van der Waals surface area contributed by atoms with Gasteiger partial charge in [-0.05, 0) is 26.3 Å². The largest absolute Gasteiger partial charge is 0.443 e. The summed E-state index contributed by atoms with van der Waals surface area (Å²) >= 11 is 1.55. The Labute approximate surface area is 141 Å². The van der Waals surface area contributed by atoms with E-state index in [1.54, 1.807) is 32.5 Å². The fourth-order valence-corrected chi connectivity index (χ4v) is 4.34. The minimum atomic E-state index is -4.06. The molecule has 1 unspecified atom stereocenters. The van der Waals surface area contributed by atoms with E-state index in [1.807, 2.05) is 30.3 Å². The van der Waals surface area contributed by atoms with Crippen LogP contribution < -0.4 is 0 Å². The van der Waals surface area contributed by atoms with Crippen LogP contribution in [0, 0.1) is 0 Å². The van der Waals surface area contributed by atoms with Crippen molar-refractivity contribution in [3.63, 3.8) is 0 Å². The lowest BCUT2D eigenvalue weighted by atomic mass is 10.2. The zero-order valence-electron chi connectivity index (χ0n) is 13.4. The quantitative estimate of drug-likeness (QED) is 0.823. The maximum absolute atomic E-state index is 12.2. The van der Waals surface area contributed by atoms with Gasteiger partial charge in [0.1, 0.15) is 5.60 Å². The van der Waals surface area contributed by atoms with E-state index >= 15 is 0 Å².